The topological polar surface area (TPSA) is 73.6 Å². The van der Waals surface area contributed by atoms with Crippen LogP contribution >= 0.6 is 0 Å². The maximum atomic E-state index is 10.2. The number of nitrogens with zero attached hydrogens (tertiary/aromatic N) is 4. The molecule has 4 heterocycles. The minimum absolute atomic E-state index is 0.0958. The van der Waals surface area contributed by atoms with Gasteiger partial charge in [0.1, 0.15) is 0 Å². The maximum absolute atomic E-state index is 10.2. The first-order valence-electron chi connectivity index (χ1n) is 23.9. The van der Waals surface area contributed by atoms with Gasteiger partial charge in [-0.15, -0.1) is 0 Å². The molecular weight excluding hydrogens is 765 g/mol. The Labute approximate surface area is 386 Å². The highest BCUT2D eigenvalue weighted by molar-refractivity contribution is 5.42. The molecule has 1 atom stereocenters. The van der Waals surface area contributed by atoms with Gasteiger partial charge in [0, 0.05) is 33.2 Å². The SMILES string of the molecule is CC(C)(C)C.CC(C)(C)C1=CC(C)(C)N(O)C1(C)C.CC(C)(C)C1CC(C)(C)N(O)C(C)(C)C1.CC(C)(C)C1CC(C)(C)N(O)C1(C)C.CN1C(C)(C)c2ccccc2C1(C)C. The highest BCUT2D eigenvalue weighted by Crippen LogP contribution is 2.52. The first kappa shape index (κ1) is 58.7. The minimum atomic E-state index is -0.262. The molecular formula is C55H106N4O3. The standard InChI is InChI=1S/C13H27NO.C13H19N.C12H25NO.C12H23NO.C5H12/c1-11(2,3)10-8-12(4,5)14(15)13(6,7)9-10;1-12(2)10-8-6-7-9-11(10)13(3,4)14(12)5;2*1-10(2,3)9-8-11(4,5)13(14)12(9,6)7;1-5(2,3)4/h10,15H,8-9H2,1-7H3;6-9H,1-5H3;9,14H,8H2,1-7H3;8,14H,1-7H3;1-4H3. The Kier molecular flexibility index (Phi) is 17.4. The van der Waals surface area contributed by atoms with E-state index < -0.39 is 0 Å². The molecule has 5 rings (SSSR count). The lowest BCUT2D eigenvalue weighted by atomic mass is 9.65. The molecule has 7 heteroatoms. The molecule has 2 fully saturated rings. The smallest absolute Gasteiger partial charge is 0.0628 e. The van der Waals surface area contributed by atoms with Crippen LogP contribution in [0, 0.1) is 33.5 Å². The zero-order valence-electron chi connectivity index (χ0n) is 46.8. The van der Waals surface area contributed by atoms with E-state index in [4.69, 9.17) is 0 Å². The van der Waals surface area contributed by atoms with Crippen LogP contribution in [0.3, 0.4) is 0 Å². The molecule has 1 aromatic carbocycles. The van der Waals surface area contributed by atoms with Crippen molar-refractivity contribution in [3.05, 3.63) is 47.0 Å². The predicted octanol–water partition coefficient (Wildman–Crippen LogP) is 15.4. The largest absolute Gasteiger partial charge is 0.313 e. The Morgan fingerprint density at radius 3 is 1.03 bits per heavy atom. The lowest BCUT2D eigenvalue weighted by Gasteiger charge is -2.54. The second-order valence-electron chi connectivity index (χ2n) is 28.9. The molecule has 0 saturated carbocycles. The number of hydrogen-bond donors (Lipinski definition) is 3. The molecule has 4 aliphatic rings. The van der Waals surface area contributed by atoms with Gasteiger partial charge in [0.25, 0.3) is 0 Å². The summed E-state index contributed by atoms with van der Waals surface area (Å²) in [6.45, 7) is 63.4. The molecule has 0 aliphatic carbocycles. The highest BCUT2D eigenvalue weighted by Gasteiger charge is 2.55. The van der Waals surface area contributed by atoms with Gasteiger partial charge in [0.15, 0.2) is 0 Å². The van der Waals surface area contributed by atoms with Crippen molar-refractivity contribution in [1.29, 1.82) is 0 Å². The molecule has 7 nitrogen and oxygen atoms in total. The van der Waals surface area contributed by atoms with Gasteiger partial charge in [-0.05, 0) is 187 Å². The first-order chi connectivity index (χ1) is 26.8. The number of hydrogen-bond acceptors (Lipinski definition) is 7. The van der Waals surface area contributed by atoms with Gasteiger partial charge in [-0.2, -0.15) is 15.2 Å². The molecule has 0 radical (unpaired) electrons. The van der Waals surface area contributed by atoms with E-state index in [-0.39, 0.29) is 55.1 Å². The van der Waals surface area contributed by atoms with Crippen molar-refractivity contribution in [3.63, 3.8) is 0 Å². The minimum Gasteiger partial charge on any atom is -0.313 e. The van der Waals surface area contributed by atoms with Crippen molar-refractivity contribution in [2.45, 2.75) is 264 Å². The number of benzene rings is 1. The normalized spacial score (nSPS) is 26.3. The molecule has 0 spiro atoms. The Hall–Kier alpha value is -1.32. The Balaban J connectivity index is 0.000000398. The molecule has 3 N–H and O–H groups in total. The third-order valence-electron chi connectivity index (χ3n) is 14.5. The maximum Gasteiger partial charge on any atom is 0.0628 e. The zero-order chi connectivity index (χ0) is 49.9. The Morgan fingerprint density at radius 2 is 0.823 bits per heavy atom. The first-order valence-corrected chi connectivity index (χ1v) is 23.9. The van der Waals surface area contributed by atoms with Crippen molar-refractivity contribution >= 4 is 0 Å². The van der Waals surface area contributed by atoms with Crippen molar-refractivity contribution in [2.24, 2.45) is 33.5 Å². The van der Waals surface area contributed by atoms with E-state index in [0.717, 1.165) is 19.3 Å². The fourth-order valence-corrected chi connectivity index (χ4v) is 11.2. The van der Waals surface area contributed by atoms with E-state index in [2.05, 4.69) is 229 Å². The number of fused-ring (bicyclic) bond motifs is 1. The average Bonchev–Trinajstić information content (AvgIpc) is 3.40. The van der Waals surface area contributed by atoms with E-state index in [1.807, 2.05) is 13.8 Å². The van der Waals surface area contributed by atoms with Gasteiger partial charge in [-0.25, -0.2) is 0 Å². The molecule has 364 valence electrons. The summed E-state index contributed by atoms with van der Waals surface area (Å²) in [5, 5.41) is 35.0. The lowest BCUT2D eigenvalue weighted by molar-refractivity contribution is -0.257. The molecule has 1 unspecified atom stereocenters. The number of rotatable bonds is 0. The van der Waals surface area contributed by atoms with Crippen LogP contribution in [0.1, 0.15) is 231 Å². The summed E-state index contributed by atoms with van der Waals surface area (Å²) in [5.41, 5.74) is 4.76. The molecule has 0 aromatic heterocycles. The average molecular weight is 871 g/mol. The fraction of sp³-hybridized carbons (Fsp3) is 0.855. The summed E-state index contributed by atoms with van der Waals surface area (Å²) in [4.78, 5) is 2.45. The van der Waals surface area contributed by atoms with Crippen LogP contribution in [0.15, 0.2) is 35.9 Å². The summed E-state index contributed by atoms with van der Waals surface area (Å²) < 4.78 is 0. The summed E-state index contributed by atoms with van der Waals surface area (Å²) in [7, 11) is 2.21. The third-order valence-corrected chi connectivity index (χ3v) is 14.5. The van der Waals surface area contributed by atoms with Gasteiger partial charge in [0.05, 0.1) is 11.1 Å². The quantitative estimate of drug-likeness (QED) is 0.224. The Morgan fingerprint density at radius 1 is 0.484 bits per heavy atom. The molecule has 62 heavy (non-hydrogen) atoms. The molecule has 0 bridgehead atoms. The van der Waals surface area contributed by atoms with E-state index in [9.17, 15) is 15.6 Å². The van der Waals surface area contributed by atoms with E-state index in [1.54, 1.807) is 10.1 Å². The van der Waals surface area contributed by atoms with Crippen LogP contribution in [0.4, 0.5) is 0 Å². The summed E-state index contributed by atoms with van der Waals surface area (Å²) in [6, 6.07) is 8.77. The van der Waals surface area contributed by atoms with E-state index in [1.165, 1.54) is 21.8 Å². The van der Waals surface area contributed by atoms with Gasteiger partial charge < -0.3 is 15.6 Å². The van der Waals surface area contributed by atoms with Crippen molar-refractivity contribution < 1.29 is 15.6 Å². The summed E-state index contributed by atoms with van der Waals surface area (Å²) >= 11 is 0. The molecule has 4 aliphatic heterocycles. The molecule has 2 saturated heterocycles. The summed E-state index contributed by atoms with van der Waals surface area (Å²) in [6.07, 6.45) is 5.37. The Bertz CT molecular complexity index is 1590. The second-order valence-corrected chi connectivity index (χ2v) is 28.9. The molecule has 0 amide bonds. The summed E-state index contributed by atoms with van der Waals surface area (Å²) in [5.74, 6) is 1.20. The van der Waals surface area contributed by atoms with Gasteiger partial charge in [-0.1, -0.05) is 120 Å². The van der Waals surface area contributed by atoms with Gasteiger partial charge >= 0.3 is 0 Å². The van der Waals surface area contributed by atoms with Crippen LogP contribution < -0.4 is 0 Å². The zero-order valence-corrected chi connectivity index (χ0v) is 46.8. The number of piperidine rings is 1. The molecule has 1 aromatic rings. The van der Waals surface area contributed by atoms with Crippen LogP contribution in [0.25, 0.3) is 0 Å². The van der Waals surface area contributed by atoms with Crippen molar-refractivity contribution in [2.75, 3.05) is 7.05 Å². The fourth-order valence-electron chi connectivity index (χ4n) is 11.2. The van der Waals surface area contributed by atoms with Crippen LogP contribution in [0.5, 0.6) is 0 Å². The lowest BCUT2D eigenvalue weighted by Crippen LogP contribution is -2.60. The van der Waals surface area contributed by atoms with Crippen LogP contribution in [0.2, 0.25) is 0 Å². The van der Waals surface area contributed by atoms with E-state index in [0.29, 0.717) is 22.7 Å². The monoisotopic (exact) mass is 871 g/mol. The predicted molar refractivity (Wildman–Crippen MR) is 268 cm³/mol. The third kappa shape index (κ3) is 13.6. The highest BCUT2D eigenvalue weighted by atomic mass is 16.5. The number of hydroxylamine groups is 6. The van der Waals surface area contributed by atoms with Gasteiger partial charge in [-0.3, -0.25) is 4.90 Å². The van der Waals surface area contributed by atoms with Crippen LogP contribution in [-0.2, 0) is 11.1 Å². The van der Waals surface area contributed by atoms with Crippen molar-refractivity contribution in [1.82, 2.24) is 20.1 Å². The van der Waals surface area contributed by atoms with Crippen molar-refractivity contribution in [3.8, 4) is 0 Å². The van der Waals surface area contributed by atoms with Gasteiger partial charge in [0.2, 0.25) is 0 Å². The second kappa shape index (κ2) is 18.4. The van der Waals surface area contributed by atoms with Crippen LogP contribution in [-0.4, -0.2) is 76.0 Å². The van der Waals surface area contributed by atoms with E-state index >= 15 is 0 Å².